The molecule has 0 fully saturated rings. The van der Waals surface area contributed by atoms with Gasteiger partial charge in [0.15, 0.2) is 16.7 Å². The number of nitrogens with zero attached hydrogens (tertiary/aromatic N) is 4. The highest BCUT2D eigenvalue weighted by molar-refractivity contribution is 7.16. The molecular weight excluding hydrogens is 639 g/mol. The summed E-state index contributed by atoms with van der Waals surface area (Å²) in [4.78, 5) is 49.1. The van der Waals surface area contributed by atoms with Gasteiger partial charge in [-0.15, -0.1) is 11.3 Å². The van der Waals surface area contributed by atoms with Crippen LogP contribution in [0.5, 0.6) is 5.75 Å². The van der Waals surface area contributed by atoms with Gasteiger partial charge in [-0.3, -0.25) is 9.59 Å². The number of hydrogen-bond acceptors (Lipinski definition) is 9. The molecule has 0 unspecified atom stereocenters. The van der Waals surface area contributed by atoms with Gasteiger partial charge in [0.1, 0.15) is 17.9 Å². The van der Waals surface area contributed by atoms with Crippen LogP contribution in [0.2, 0.25) is 0 Å². The summed E-state index contributed by atoms with van der Waals surface area (Å²) < 4.78 is 32.2. The van der Waals surface area contributed by atoms with E-state index in [-0.39, 0.29) is 50.4 Å². The summed E-state index contributed by atoms with van der Waals surface area (Å²) in [6.07, 6.45) is 3.37. The Balaban J connectivity index is 1.11. The van der Waals surface area contributed by atoms with E-state index in [1.165, 1.54) is 29.5 Å². The Morgan fingerprint density at radius 1 is 1.08 bits per heavy atom. The lowest BCUT2D eigenvalue weighted by molar-refractivity contribution is -0.115. The number of hydrogen-bond donors (Lipinski definition) is 2. The molecule has 0 radical (unpaired) electrons. The lowest BCUT2D eigenvalue weighted by Crippen LogP contribution is -2.34. The fourth-order valence-electron chi connectivity index (χ4n) is 5.15. The quantitative estimate of drug-likeness (QED) is 0.193. The van der Waals surface area contributed by atoms with Gasteiger partial charge in [0.25, 0.3) is 5.91 Å². The van der Waals surface area contributed by atoms with Crippen LogP contribution in [0, 0.1) is 12.7 Å². The predicted octanol–water partition coefficient (Wildman–Crippen LogP) is 5.30. The Morgan fingerprint density at radius 2 is 1.90 bits per heavy atom. The molecule has 0 saturated heterocycles. The molecule has 4 aromatic rings. The van der Waals surface area contributed by atoms with E-state index in [0.29, 0.717) is 22.9 Å². The van der Waals surface area contributed by atoms with Crippen molar-refractivity contribution in [3.63, 3.8) is 0 Å². The van der Waals surface area contributed by atoms with Crippen molar-refractivity contribution in [2.24, 2.45) is 7.05 Å². The van der Waals surface area contributed by atoms with Crippen molar-refractivity contribution >= 4 is 40.1 Å². The lowest BCUT2D eigenvalue weighted by Gasteiger charge is -2.19. The average molecular weight is 679 g/mol. The molecular formula is C34H39FN6O6S. The molecule has 3 heterocycles. The number of benzene rings is 2. The predicted molar refractivity (Wildman–Crippen MR) is 180 cm³/mol. The number of carbonyl (C=O) groups excluding carboxylic acids is 3. The number of alkyl carbamates (subject to hydrolysis) is 1. The Bertz CT molecular complexity index is 1800. The van der Waals surface area contributed by atoms with E-state index in [0.717, 1.165) is 33.8 Å². The third-order valence-electron chi connectivity index (χ3n) is 7.33. The summed E-state index contributed by atoms with van der Waals surface area (Å²) in [5.74, 6) is -0.927. The summed E-state index contributed by atoms with van der Waals surface area (Å²) >= 11 is 1.37. The van der Waals surface area contributed by atoms with Gasteiger partial charge in [0.2, 0.25) is 5.91 Å². The molecule has 1 aliphatic rings. The molecule has 0 aliphatic carbocycles. The van der Waals surface area contributed by atoms with Gasteiger partial charge in [-0.25, -0.2) is 19.2 Å². The third kappa shape index (κ3) is 8.75. The van der Waals surface area contributed by atoms with Crippen LogP contribution in [-0.2, 0) is 34.2 Å². The number of fused-ring (bicyclic) bond motifs is 1. The number of carbonyl (C=O) groups is 3. The van der Waals surface area contributed by atoms with Crippen molar-refractivity contribution in [1.82, 2.24) is 19.9 Å². The van der Waals surface area contributed by atoms with Crippen LogP contribution in [0.1, 0.15) is 47.3 Å². The van der Waals surface area contributed by atoms with Gasteiger partial charge >= 0.3 is 6.09 Å². The van der Waals surface area contributed by atoms with E-state index in [1.807, 2.05) is 25.1 Å². The molecule has 2 aromatic carbocycles. The van der Waals surface area contributed by atoms with E-state index in [9.17, 15) is 18.8 Å². The number of anilines is 2. The Kier molecular flexibility index (Phi) is 10.7. The Morgan fingerprint density at radius 3 is 2.65 bits per heavy atom. The number of halogens is 1. The molecule has 0 saturated carbocycles. The maximum Gasteiger partial charge on any atom is 0.407 e. The minimum atomic E-state index is -0.583. The summed E-state index contributed by atoms with van der Waals surface area (Å²) in [7, 11) is 1.80. The fraction of sp³-hybridized carbons (Fsp3) is 0.382. The zero-order valence-electron chi connectivity index (χ0n) is 27.6. The molecule has 254 valence electrons. The molecule has 0 bridgehead atoms. The minimum absolute atomic E-state index is 0.00317. The number of imidazole rings is 1. The zero-order valence-corrected chi connectivity index (χ0v) is 28.4. The van der Waals surface area contributed by atoms with Gasteiger partial charge in [0.05, 0.1) is 37.9 Å². The van der Waals surface area contributed by atoms with Crippen LogP contribution in [0.3, 0.4) is 0 Å². The average Bonchev–Trinajstić information content (AvgIpc) is 3.74. The number of aromatic nitrogens is 3. The number of amides is 3. The second-order valence-electron chi connectivity index (χ2n) is 12.2. The molecule has 3 amide bonds. The standard InChI is InChI=1S/C34H39FN6O6S/c1-21-30(24-7-9-26-23(18-24)10-12-41(26)31(43)27-19-36-20-40(27)5)39-32(48-21)38-29(42)17-22-6-8-25(35)28(16-22)46-15-14-45-13-11-37-33(44)47-34(2,3)4/h6-9,16,18-20H,10-15,17H2,1-5H3,(H,37,44)(H,38,39,42). The maximum atomic E-state index is 14.4. The summed E-state index contributed by atoms with van der Waals surface area (Å²) in [5.41, 5.74) is 4.10. The summed E-state index contributed by atoms with van der Waals surface area (Å²) in [6, 6.07) is 10.2. The van der Waals surface area contributed by atoms with E-state index < -0.39 is 17.5 Å². The van der Waals surface area contributed by atoms with Crippen molar-refractivity contribution in [2.45, 2.75) is 46.1 Å². The fourth-order valence-corrected chi connectivity index (χ4v) is 6.00. The normalized spacial score (nSPS) is 12.5. The van der Waals surface area contributed by atoms with Crippen LogP contribution in [-0.4, -0.2) is 71.0 Å². The van der Waals surface area contributed by atoms with Crippen molar-refractivity contribution < 1.29 is 33.0 Å². The number of nitrogens with one attached hydrogen (secondary N) is 2. The lowest BCUT2D eigenvalue weighted by atomic mass is 10.1. The molecule has 5 rings (SSSR count). The van der Waals surface area contributed by atoms with Crippen LogP contribution < -0.4 is 20.3 Å². The van der Waals surface area contributed by atoms with Crippen LogP contribution in [0.15, 0.2) is 48.9 Å². The first-order valence-corrected chi connectivity index (χ1v) is 16.3. The van der Waals surface area contributed by atoms with Gasteiger partial charge in [0, 0.05) is 36.3 Å². The van der Waals surface area contributed by atoms with Gasteiger partial charge in [-0.1, -0.05) is 12.1 Å². The summed E-state index contributed by atoms with van der Waals surface area (Å²) in [6.45, 7) is 8.62. The molecule has 2 aromatic heterocycles. The number of thiazole rings is 1. The highest BCUT2D eigenvalue weighted by Crippen LogP contribution is 2.36. The van der Waals surface area contributed by atoms with Crippen molar-refractivity contribution in [1.29, 1.82) is 0 Å². The number of rotatable bonds is 12. The van der Waals surface area contributed by atoms with Gasteiger partial charge in [-0.2, -0.15) is 0 Å². The van der Waals surface area contributed by atoms with Crippen LogP contribution >= 0.6 is 11.3 Å². The molecule has 2 N–H and O–H groups in total. The van der Waals surface area contributed by atoms with E-state index in [1.54, 1.807) is 49.8 Å². The summed E-state index contributed by atoms with van der Waals surface area (Å²) in [5, 5.41) is 5.90. The van der Waals surface area contributed by atoms with E-state index >= 15 is 0 Å². The largest absolute Gasteiger partial charge is 0.488 e. The molecule has 48 heavy (non-hydrogen) atoms. The second-order valence-corrected chi connectivity index (χ2v) is 13.4. The molecule has 12 nitrogen and oxygen atoms in total. The third-order valence-corrected chi connectivity index (χ3v) is 8.22. The molecule has 0 atom stereocenters. The molecule has 0 spiro atoms. The molecule has 1 aliphatic heterocycles. The zero-order chi connectivity index (χ0) is 34.4. The van der Waals surface area contributed by atoms with E-state index in [4.69, 9.17) is 14.2 Å². The van der Waals surface area contributed by atoms with E-state index in [2.05, 4.69) is 20.6 Å². The van der Waals surface area contributed by atoms with Gasteiger partial charge in [-0.05, 0) is 69.5 Å². The van der Waals surface area contributed by atoms with Crippen molar-refractivity contribution in [3.05, 3.63) is 76.4 Å². The first-order valence-electron chi connectivity index (χ1n) is 15.5. The smallest absolute Gasteiger partial charge is 0.407 e. The SMILES string of the molecule is Cc1sc(NC(=O)Cc2ccc(F)c(OCCOCCNC(=O)OC(C)(C)C)c2)nc1-c1ccc2c(c1)CCN2C(=O)c1cncn1C. The Hall–Kier alpha value is -4.82. The minimum Gasteiger partial charge on any atom is -0.488 e. The topological polar surface area (TPSA) is 137 Å². The number of ether oxygens (including phenoxy) is 3. The first kappa shape index (κ1) is 34.5. The molecule has 14 heteroatoms. The number of aryl methyl sites for hydroxylation is 2. The first-order chi connectivity index (χ1) is 22.9. The van der Waals surface area contributed by atoms with Crippen molar-refractivity contribution in [3.8, 4) is 17.0 Å². The monoisotopic (exact) mass is 678 g/mol. The maximum absolute atomic E-state index is 14.4. The van der Waals surface area contributed by atoms with Crippen molar-refractivity contribution in [2.75, 3.05) is 43.1 Å². The van der Waals surface area contributed by atoms with Crippen LogP contribution in [0.25, 0.3) is 11.3 Å². The highest BCUT2D eigenvalue weighted by Gasteiger charge is 2.28. The highest BCUT2D eigenvalue weighted by atomic mass is 32.1. The second kappa shape index (κ2) is 14.9. The van der Waals surface area contributed by atoms with Gasteiger partial charge < -0.3 is 34.3 Å². The van der Waals surface area contributed by atoms with Crippen LogP contribution in [0.4, 0.5) is 20.0 Å². The Labute approximate surface area is 282 Å².